The molecule has 3 heteroatoms. The molecule has 2 heterocycles. The zero-order valence-electron chi connectivity index (χ0n) is 10.4. The van der Waals surface area contributed by atoms with Crippen LogP contribution in [0.4, 0.5) is 5.82 Å². The van der Waals surface area contributed by atoms with Crippen LogP contribution in [-0.4, -0.2) is 9.97 Å². The van der Waals surface area contributed by atoms with Crippen LogP contribution in [0.5, 0.6) is 0 Å². The van der Waals surface area contributed by atoms with Crippen molar-refractivity contribution in [3.05, 3.63) is 42.2 Å². The number of benzene rings is 1. The number of pyridine rings is 2. The van der Waals surface area contributed by atoms with Gasteiger partial charge in [-0.15, -0.1) is 0 Å². The Morgan fingerprint density at radius 3 is 2.83 bits per heavy atom. The third-order valence-corrected chi connectivity index (χ3v) is 3.23. The lowest BCUT2D eigenvalue weighted by Crippen LogP contribution is -1.98. The van der Waals surface area contributed by atoms with Gasteiger partial charge in [0.2, 0.25) is 0 Å². The van der Waals surface area contributed by atoms with Gasteiger partial charge >= 0.3 is 0 Å². The molecule has 3 aromatic rings. The second-order valence-electron chi connectivity index (χ2n) is 4.52. The van der Waals surface area contributed by atoms with Gasteiger partial charge in [0.1, 0.15) is 5.82 Å². The van der Waals surface area contributed by atoms with E-state index in [1.165, 1.54) is 0 Å². The van der Waals surface area contributed by atoms with Crippen molar-refractivity contribution in [3.8, 4) is 0 Å². The molecule has 0 spiro atoms. The van der Waals surface area contributed by atoms with E-state index in [9.17, 15) is 0 Å². The molecular weight excluding hydrogens is 222 g/mol. The van der Waals surface area contributed by atoms with Gasteiger partial charge in [-0.3, -0.25) is 4.98 Å². The molecule has 2 aromatic heterocycles. The van der Waals surface area contributed by atoms with E-state index < -0.39 is 0 Å². The lowest BCUT2D eigenvalue weighted by Gasteiger charge is -2.08. The SMILES string of the molecule is CCCc1cc2ccc3cnccc3c2nc1N. The second kappa shape index (κ2) is 4.26. The Bertz CT molecular complexity index is 719. The summed E-state index contributed by atoms with van der Waals surface area (Å²) in [5.41, 5.74) is 8.14. The zero-order chi connectivity index (χ0) is 12.5. The Morgan fingerprint density at radius 2 is 2.00 bits per heavy atom. The molecule has 90 valence electrons. The van der Waals surface area contributed by atoms with Crippen LogP contribution in [0, 0.1) is 0 Å². The van der Waals surface area contributed by atoms with Crippen molar-refractivity contribution in [1.29, 1.82) is 0 Å². The summed E-state index contributed by atoms with van der Waals surface area (Å²) in [7, 11) is 0. The highest BCUT2D eigenvalue weighted by Gasteiger charge is 2.06. The average Bonchev–Trinajstić information content (AvgIpc) is 2.40. The van der Waals surface area contributed by atoms with Gasteiger partial charge in [0.15, 0.2) is 0 Å². The third kappa shape index (κ3) is 1.68. The van der Waals surface area contributed by atoms with E-state index in [0.29, 0.717) is 5.82 Å². The third-order valence-electron chi connectivity index (χ3n) is 3.23. The van der Waals surface area contributed by atoms with Gasteiger partial charge in [0, 0.05) is 28.6 Å². The van der Waals surface area contributed by atoms with E-state index in [4.69, 9.17) is 5.73 Å². The topological polar surface area (TPSA) is 51.8 Å². The maximum absolute atomic E-state index is 6.04. The standard InChI is InChI=1S/C15H15N3/c1-2-3-11-8-10-4-5-12-9-17-7-6-13(12)14(10)18-15(11)16/h4-9H,2-3H2,1H3,(H2,16,18). The summed E-state index contributed by atoms with van der Waals surface area (Å²) in [6, 6.07) is 8.31. The fourth-order valence-electron chi connectivity index (χ4n) is 2.33. The van der Waals surface area contributed by atoms with Gasteiger partial charge in [-0.2, -0.15) is 0 Å². The van der Waals surface area contributed by atoms with Crippen molar-refractivity contribution in [2.45, 2.75) is 19.8 Å². The van der Waals surface area contributed by atoms with Crippen molar-refractivity contribution < 1.29 is 0 Å². The smallest absolute Gasteiger partial charge is 0.127 e. The molecule has 18 heavy (non-hydrogen) atoms. The van der Waals surface area contributed by atoms with Gasteiger partial charge in [-0.1, -0.05) is 25.5 Å². The quantitative estimate of drug-likeness (QED) is 0.695. The first-order chi connectivity index (χ1) is 8.79. The first-order valence-corrected chi connectivity index (χ1v) is 6.21. The molecule has 1 aromatic carbocycles. The monoisotopic (exact) mass is 237 g/mol. The van der Waals surface area contributed by atoms with E-state index in [2.05, 4.69) is 35.1 Å². The van der Waals surface area contributed by atoms with Crippen molar-refractivity contribution >= 4 is 27.5 Å². The summed E-state index contributed by atoms with van der Waals surface area (Å²) >= 11 is 0. The highest BCUT2D eigenvalue weighted by molar-refractivity contribution is 6.05. The van der Waals surface area contributed by atoms with Crippen LogP contribution in [0.25, 0.3) is 21.7 Å². The Balaban J connectivity index is 2.35. The first kappa shape index (κ1) is 11.0. The van der Waals surface area contributed by atoms with E-state index >= 15 is 0 Å². The largest absolute Gasteiger partial charge is 0.383 e. The summed E-state index contributed by atoms with van der Waals surface area (Å²) in [5, 5.41) is 3.35. The van der Waals surface area contributed by atoms with Crippen molar-refractivity contribution in [1.82, 2.24) is 9.97 Å². The predicted molar refractivity (Wildman–Crippen MR) is 75.5 cm³/mol. The molecule has 0 amide bonds. The number of fused-ring (bicyclic) bond motifs is 3. The molecule has 0 aliphatic heterocycles. The molecular formula is C15H15N3. The fourth-order valence-corrected chi connectivity index (χ4v) is 2.33. The lowest BCUT2D eigenvalue weighted by atomic mass is 10.0. The number of nitrogens with zero attached hydrogens (tertiary/aromatic N) is 2. The highest BCUT2D eigenvalue weighted by atomic mass is 14.8. The molecule has 0 unspecified atom stereocenters. The Labute approximate surface area is 106 Å². The Morgan fingerprint density at radius 1 is 1.17 bits per heavy atom. The number of hydrogen-bond donors (Lipinski definition) is 1. The maximum atomic E-state index is 6.04. The second-order valence-corrected chi connectivity index (χ2v) is 4.52. The van der Waals surface area contributed by atoms with Gasteiger partial charge < -0.3 is 5.73 Å². The Hall–Kier alpha value is -2.16. The molecule has 0 aliphatic rings. The molecule has 0 atom stereocenters. The molecule has 0 aliphatic carbocycles. The summed E-state index contributed by atoms with van der Waals surface area (Å²) in [4.78, 5) is 8.70. The number of anilines is 1. The van der Waals surface area contributed by atoms with Crippen LogP contribution < -0.4 is 5.73 Å². The van der Waals surface area contributed by atoms with Gasteiger partial charge in [0.05, 0.1) is 5.52 Å². The number of aryl methyl sites for hydroxylation is 1. The number of rotatable bonds is 2. The molecule has 0 radical (unpaired) electrons. The summed E-state index contributed by atoms with van der Waals surface area (Å²) in [6.07, 6.45) is 5.70. The van der Waals surface area contributed by atoms with Crippen molar-refractivity contribution in [2.75, 3.05) is 5.73 Å². The molecule has 0 bridgehead atoms. The number of nitrogens with two attached hydrogens (primary N) is 1. The van der Waals surface area contributed by atoms with Gasteiger partial charge in [-0.25, -0.2) is 4.98 Å². The summed E-state index contributed by atoms with van der Waals surface area (Å²) < 4.78 is 0. The molecule has 0 saturated carbocycles. The Kier molecular flexibility index (Phi) is 2.59. The lowest BCUT2D eigenvalue weighted by molar-refractivity contribution is 0.921. The molecule has 3 nitrogen and oxygen atoms in total. The van der Waals surface area contributed by atoms with E-state index in [-0.39, 0.29) is 0 Å². The number of hydrogen-bond acceptors (Lipinski definition) is 3. The van der Waals surface area contributed by atoms with E-state index in [1.54, 1.807) is 6.20 Å². The average molecular weight is 237 g/mol. The van der Waals surface area contributed by atoms with Gasteiger partial charge in [0.25, 0.3) is 0 Å². The molecule has 0 saturated heterocycles. The summed E-state index contributed by atoms with van der Waals surface area (Å²) in [5.74, 6) is 0.647. The van der Waals surface area contributed by atoms with Crippen molar-refractivity contribution in [2.24, 2.45) is 0 Å². The molecule has 0 fully saturated rings. The number of aromatic nitrogens is 2. The molecule has 3 rings (SSSR count). The minimum atomic E-state index is 0.647. The maximum Gasteiger partial charge on any atom is 0.127 e. The highest BCUT2D eigenvalue weighted by Crippen LogP contribution is 2.26. The fraction of sp³-hybridized carbons (Fsp3) is 0.200. The van der Waals surface area contributed by atoms with Crippen LogP contribution in [-0.2, 0) is 6.42 Å². The van der Waals surface area contributed by atoms with E-state index in [0.717, 1.165) is 40.1 Å². The van der Waals surface area contributed by atoms with Crippen LogP contribution in [0.2, 0.25) is 0 Å². The normalized spacial score (nSPS) is 11.2. The van der Waals surface area contributed by atoms with E-state index in [1.807, 2.05) is 12.3 Å². The predicted octanol–water partition coefficient (Wildman–Crippen LogP) is 3.32. The minimum Gasteiger partial charge on any atom is -0.383 e. The summed E-state index contributed by atoms with van der Waals surface area (Å²) in [6.45, 7) is 2.15. The number of nitrogen functional groups attached to an aromatic ring is 1. The van der Waals surface area contributed by atoms with Crippen LogP contribution in [0.3, 0.4) is 0 Å². The molecule has 2 N–H and O–H groups in total. The van der Waals surface area contributed by atoms with Crippen molar-refractivity contribution in [3.63, 3.8) is 0 Å². The van der Waals surface area contributed by atoms with Crippen LogP contribution in [0.1, 0.15) is 18.9 Å². The van der Waals surface area contributed by atoms with Crippen LogP contribution >= 0.6 is 0 Å². The first-order valence-electron chi connectivity index (χ1n) is 6.21. The minimum absolute atomic E-state index is 0.647. The van der Waals surface area contributed by atoms with Gasteiger partial charge in [-0.05, 0) is 24.1 Å². The zero-order valence-corrected chi connectivity index (χ0v) is 10.4. The van der Waals surface area contributed by atoms with Crippen LogP contribution in [0.15, 0.2) is 36.7 Å².